The lowest BCUT2D eigenvalue weighted by molar-refractivity contribution is 0.173. The first-order valence-corrected chi connectivity index (χ1v) is 6.75. The average Bonchev–Trinajstić information content (AvgIpc) is 2.34. The van der Waals surface area contributed by atoms with Gasteiger partial charge in [0.25, 0.3) is 0 Å². The Bertz CT molecular complexity index is 333. The molecule has 1 rings (SSSR count). The minimum Gasteiger partial charge on any atom is -0.387 e. The summed E-state index contributed by atoms with van der Waals surface area (Å²) in [7, 11) is 2.09. The molecule has 0 aliphatic carbocycles. The van der Waals surface area contributed by atoms with E-state index in [2.05, 4.69) is 40.1 Å². The monoisotopic (exact) mass is 300 g/mol. The maximum Gasteiger partial charge on any atom is 0.0914 e. The van der Waals surface area contributed by atoms with Gasteiger partial charge in [0.15, 0.2) is 0 Å². The maximum absolute atomic E-state index is 9.97. The molecule has 1 atom stereocenters. The summed E-state index contributed by atoms with van der Waals surface area (Å²) in [6, 6.07) is 7.78. The second-order valence-electron chi connectivity index (χ2n) is 4.17. The Morgan fingerprint density at radius 3 is 2.88 bits per heavy atom. The van der Waals surface area contributed by atoms with E-state index in [1.807, 2.05) is 24.3 Å². The SMILES string of the molecule is CCN(C)CCNCC(O)c1cccc(Br)c1. The predicted octanol–water partition coefficient (Wildman–Crippen LogP) is 2.02. The van der Waals surface area contributed by atoms with Crippen LogP contribution >= 0.6 is 15.9 Å². The van der Waals surface area contributed by atoms with E-state index >= 15 is 0 Å². The highest BCUT2D eigenvalue weighted by Crippen LogP contribution is 2.17. The Morgan fingerprint density at radius 2 is 2.24 bits per heavy atom. The fourth-order valence-electron chi connectivity index (χ4n) is 1.50. The van der Waals surface area contributed by atoms with Crippen molar-refractivity contribution in [1.29, 1.82) is 0 Å². The standard InChI is InChI=1S/C13H21BrN2O/c1-3-16(2)8-7-15-10-13(17)11-5-4-6-12(14)9-11/h4-6,9,13,15,17H,3,7-8,10H2,1-2H3. The molecule has 0 fully saturated rings. The molecule has 3 nitrogen and oxygen atoms in total. The van der Waals surface area contributed by atoms with Gasteiger partial charge >= 0.3 is 0 Å². The topological polar surface area (TPSA) is 35.5 Å². The van der Waals surface area contributed by atoms with Crippen LogP contribution in [0.15, 0.2) is 28.7 Å². The molecule has 0 radical (unpaired) electrons. The molecule has 0 aromatic heterocycles. The lowest BCUT2D eigenvalue weighted by Crippen LogP contribution is -2.31. The molecule has 0 saturated carbocycles. The van der Waals surface area contributed by atoms with Crippen molar-refractivity contribution in [3.05, 3.63) is 34.3 Å². The number of halogens is 1. The zero-order valence-electron chi connectivity index (χ0n) is 10.5. The van der Waals surface area contributed by atoms with E-state index in [1.165, 1.54) is 0 Å². The number of hydrogen-bond donors (Lipinski definition) is 2. The summed E-state index contributed by atoms with van der Waals surface area (Å²) in [5, 5.41) is 13.2. The lowest BCUT2D eigenvalue weighted by atomic mass is 10.1. The van der Waals surface area contributed by atoms with Crippen LogP contribution in [0.2, 0.25) is 0 Å². The number of nitrogens with one attached hydrogen (secondary N) is 1. The average molecular weight is 301 g/mol. The third kappa shape index (κ3) is 5.64. The summed E-state index contributed by atoms with van der Waals surface area (Å²) in [6.45, 7) is 5.68. The molecule has 2 N–H and O–H groups in total. The summed E-state index contributed by atoms with van der Waals surface area (Å²) < 4.78 is 1.000. The van der Waals surface area contributed by atoms with Gasteiger partial charge in [0.2, 0.25) is 0 Å². The molecule has 17 heavy (non-hydrogen) atoms. The zero-order chi connectivity index (χ0) is 12.7. The second-order valence-corrected chi connectivity index (χ2v) is 5.09. The van der Waals surface area contributed by atoms with Gasteiger partial charge in [0.1, 0.15) is 0 Å². The van der Waals surface area contributed by atoms with Crippen molar-refractivity contribution >= 4 is 15.9 Å². The van der Waals surface area contributed by atoms with Gasteiger partial charge in [-0.3, -0.25) is 0 Å². The molecular weight excluding hydrogens is 280 g/mol. The second kappa shape index (κ2) is 7.82. The fourth-order valence-corrected chi connectivity index (χ4v) is 1.92. The van der Waals surface area contributed by atoms with Crippen molar-refractivity contribution in [2.45, 2.75) is 13.0 Å². The van der Waals surface area contributed by atoms with Crippen molar-refractivity contribution in [1.82, 2.24) is 10.2 Å². The van der Waals surface area contributed by atoms with E-state index in [-0.39, 0.29) is 0 Å². The Hall–Kier alpha value is -0.420. The molecule has 1 unspecified atom stereocenters. The number of rotatable bonds is 7. The maximum atomic E-state index is 9.97. The summed E-state index contributed by atoms with van der Waals surface area (Å²) in [5.74, 6) is 0. The minimum absolute atomic E-state index is 0.445. The van der Waals surface area contributed by atoms with E-state index in [1.54, 1.807) is 0 Å². The van der Waals surface area contributed by atoms with E-state index in [4.69, 9.17) is 0 Å². The van der Waals surface area contributed by atoms with Crippen molar-refractivity contribution < 1.29 is 5.11 Å². The third-order valence-corrected chi connectivity index (χ3v) is 3.27. The van der Waals surface area contributed by atoms with Crippen LogP contribution in [0.3, 0.4) is 0 Å². The van der Waals surface area contributed by atoms with Crippen molar-refractivity contribution in [3.63, 3.8) is 0 Å². The molecule has 0 aliphatic rings. The van der Waals surface area contributed by atoms with Crippen LogP contribution in [0.25, 0.3) is 0 Å². The van der Waals surface area contributed by atoms with Gasteiger partial charge in [-0.1, -0.05) is 35.0 Å². The molecule has 0 aliphatic heterocycles. The van der Waals surface area contributed by atoms with Gasteiger partial charge < -0.3 is 15.3 Å². The summed E-state index contributed by atoms with van der Waals surface area (Å²) in [4.78, 5) is 2.23. The first-order chi connectivity index (χ1) is 8.13. The summed E-state index contributed by atoms with van der Waals surface area (Å²) in [6.07, 6.45) is -0.445. The van der Waals surface area contributed by atoms with E-state index in [9.17, 15) is 5.11 Å². The van der Waals surface area contributed by atoms with Gasteiger partial charge in [-0.15, -0.1) is 0 Å². The molecule has 0 bridgehead atoms. The van der Waals surface area contributed by atoms with Gasteiger partial charge in [0.05, 0.1) is 6.10 Å². The molecular formula is C13H21BrN2O. The number of likely N-dealkylation sites (N-methyl/N-ethyl adjacent to an activating group) is 1. The highest BCUT2D eigenvalue weighted by Gasteiger charge is 2.06. The Balaban J connectivity index is 2.28. The quantitative estimate of drug-likeness (QED) is 0.756. The van der Waals surface area contributed by atoms with Gasteiger partial charge in [-0.25, -0.2) is 0 Å². The zero-order valence-corrected chi connectivity index (χ0v) is 12.1. The minimum atomic E-state index is -0.445. The normalized spacial score (nSPS) is 13.0. The number of aliphatic hydroxyl groups excluding tert-OH is 1. The van der Waals surface area contributed by atoms with Gasteiger partial charge in [0, 0.05) is 24.1 Å². The molecule has 96 valence electrons. The van der Waals surface area contributed by atoms with Crippen molar-refractivity contribution in [2.24, 2.45) is 0 Å². The molecule has 1 aromatic carbocycles. The summed E-state index contributed by atoms with van der Waals surface area (Å²) in [5.41, 5.74) is 0.940. The van der Waals surface area contributed by atoms with Crippen LogP contribution in [0, 0.1) is 0 Å². The molecule has 0 heterocycles. The lowest BCUT2D eigenvalue weighted by Gasteiger charge is -2.16. The Kier molecular flexibility index (Phi) is 6.73. The molecule has 0 spiro atoms. The molecule has 4 heteroatoms. The van der Waals surface area contributed by atoms with Crippen LogP contribution < -0.4 is 5.32 Å². The number of benzene rings is 1. The van der Waals surface area contributed by atoms with Crippen molar-refractivity contribution in [3.8, 4) is 0 Å². The van der Waals surface area contributed by atoms with Gasteiger partial charge in [-0.05, 0) is 31.3 Å². The van der Waals surface area contributed by atoms with Crippen molar-refractivity contribution in [2.75, 3.05) is 33.2 Å². The predicted molar refractivity (Wildman–Crippen MR) is 75.1 cm³/mol. The van der Waals surface area contributed by atoms with Crippen LogP contribution in [-0.2, 0) is 0 Å². The fraction of sp³-hybridized carbons (Fsp3) is 0.538. The first kappa shape index (κ1) is 14.6. The smallest absolute Gasteiger partial charge is 0.0914 e. The number of nitrogens with zero attached hydrogens (tertiary/aromatic N) is 1. The molecule has 0 amide bonds. The van der Waals surface area contributed by atoms with Crippen LogP contribution in [-0.4, -0.2) is 43.2 Å². The Morgan fingerprint density at radius 1 is 1.47 bits per heavy atom. The highest BCUT2D eigenvalue weighted by molar-refractivity contribution is 9.10. The van der Waals surface area contributed by atoms with E-state index in [0.29, 0.717) is 6.54 Å². The largest absolute Gasteiger partial charge is 0.387 e. The first-order valence-electron chi connectivity index (χ1n) is 5.96. The highest BCUT2D eigenvalue weighted by atomic mass is 79.9. The number of aliphatic hydroxyl groups is 1. The Labute approximate surface area is 112 Å². The third-order valence-electron chi connectivity index (χ3n) is 2.78. The summed E-state index contributed by atoms with van der Waals surface area (Å²) >= 11 is 3.40. The molecule has 0 saturated heterocycles. The van der Waals surface area contributed by atoms with E-state index in [0.717, 1.165) is 29.7 Å². The van der Waals surface area contributed by atoms with Crippen LogP contribution in [0.4, 0.5) is 0 Å². The van der Waals surface area contributed by atoms with Gasteiger partial charge in [-0.2, -0.15) is 0 Å². The molecule has 1 aromatic rings. The van der Waals surface area contributed by atoms with Crippen LogP contribution in [0.1, 0.15) is 18.6 Å². The van der Waals surface area contributed by atoms with Crippen LogP contribution in [0.5, 0.6) is 0 Å². The van der Waals surface area contributed by atoms with E-state index < -0.39 is 6.10 Å². The number of hydrogen-bond acceptors (Lipinski definition) is 3.